The van der Waals surface area contributed by atoms with Crippen LogP contribution in [0.3, 0.4) is 0 Å². The quantitative estimate of drug-likeness (QED) is 0.482. The van der Waals surface area contributed by atoms with Gasteiger partial charge in [0.25, 0.3) is 5.91 Å². The summed E-state index contributed by atoms with van der Waals surface area (Å²) < 4.78 is 0. The number of nitrogens with one attached hydrogen (secondary N) is 1. The van der Waals surface area contributed by atoms with Crippen LogP contribution in [0.2, 0.25) is 0 Å². The summed E-state index contributed by atoms with van der Waals surface area (Å²) in [6.45, 7) is 0. The van der Waals surface area contributed by atoms with Crippen molar-refractivity contribution in [3.8, 4) is 0 Å². The van der Waals surface area contributed by atoms with E-state index in [1.54, 1.807) is 12.1 Å². The molecule has 0 aromatic heterocycles. The smallest absolute Gasteiger partial charge is 0.267 e. The Morgan fingerprint density at radius 1 is 1.29 bits per heavy atom. The molecule has 0 heterocycles. The summed E-state index contributed by atoms with van der Waals surface area (Å²) in [6, 6.07) is 9.10. The number of carbonyl (C=O) groups excluding carboxylic acids is 1. The molecule has 0 spiro atoms. The number of hydrazone groups is 1. The Morgan fingerprint density at radius 2 is 2.12 bits per heavy atom. The van der Waals surface area contributed by atoms with E-state index >= 15 is 0 Å². The van der Waals surface area contributed by atoms with E-state index in [0.717, 1.165) is 19.3 Å². The molecule has 1 atom stereocenters. The third-order valence-electron chi connectivity index (χ3n) is 2.80. The van der Waals surface area contributed by atoms with Crippen LogP contribution in [-0.4, -0.2) is 12.1 Å². The third kappa shape index (κ3) is 3.55. The Hall–Kier alpha value is -1.90. The monoisotopic (exact) mass is 228 g/mol. The molecule has 1 aliphatic carbocycles. The molecule has 1 aromatic carbocycles. The van der Waals surface area contributed by atoms with Crippen LogP contribution >= 0.6 is 0 Å². The van der Waals surface area contributed by atoms with Gasteiger partial charge in [0.05, 0.1) is 0 Å². The fourth-order valence-corrected chi connectivity index (χ4v) is 1.81. The van der Waals surface area contributed by atoms with Gasteiger partial charge in [0.2, 0.25) is 0 Å². The van der Waals surface area contributed by atoms with Gasteiger partial charge in [-0.2, -0.15) is 5.10 Å². The Kier molecular flexibility index (Phi) is 4.08. The van der Waals surface area contributed by atoms with Crippen molar-refractivity contribution in [1.82, 2.24) is 5.43 Å². The predicted molar refractivity (Wildman–Crippen MR) is 68.9 cm³/mol. The zero-order valence-electron chi connectivity index (χ0n) is 9.67. The first-order chi connectivity index (χ1) is 8.36. The Labute approximate surface area is 101 Å². The van der Waals surface area contributed by atoms with Crippen molar-refractivity contribution in [2.24, 2.45) is 11.0 Å². The van der Waals surface area contributed by atoms with Gasteiger partial charge in [0.1, 0.15) is 0 Å². The minimum absolute atomic E-state index is 0.159. The molecular weight excluding hydrogens is 212 g/mol. The summed E-state index contributed by atoms with van der Waals surface area (Å²) in [6.07, 6.45) is 9.42. The van der Waals surface area contributed by atoms with Gasteiger partial charge >= 0.3 is 0 Å². The van der Waals surface area contributed by atoms with Crippen LogP contribution in [-0.2, 0) is 0 Å². The van der Waals surface area contributed by atoms with Gasteiger partial charge in [0, 0.05) is 11.8 Å². The summed E-state index contributed by atoms with van der Waals surface area (Å²) in [4.78, 5) is 11.6. The van der Waals surface area contributed by atoms with Gasteiger partial charge in [-0.05, 0) is 37.3 Å². The number of benzene rings is 1. The van der Waals surface area contributed by atoms with E-state index in [-0.39, 0.29) is 5.91 Å². The normalized spacial score (nSPS) is 19.4. The Bertz CT molecular complexity index is 423. The fraction of sp³-hybridized carbons (Fsp3) is 0.286. The number of nitrogens with zero attached hydrogens (tertiary/aromatic N) is 1. The largest absolute Gasteiger partial charge is 0.271 e. The van der Waals surface area contributed by atoms with Crippen molar-refractivity contribution in [3.05, 3.63) is 48.0 Å². The Balaban J connectivity index is 1.84. The molecule has 17 heavy (non-hydrogen) atoms. The van der Waals surface area contributed by atoms with Gasteiger partial charge in [-0.1, -0.05) is 30.4 Å². The molecule has 0 radical (unpaired) electrons. The molecule has 0 aliphatic heterocycles. The summed E-state index contributed by atoms with van der Waals surface area (Å²) in [5.41, 5.74) is 3.19. The zero-order chi connectivity index (χ0) is 11.9. The highest BCUT2D eigenvalue weighted by Gasteiger charge is 2.07. The molecule has 1 aromatic rings. The van der Waals surface area contributed by atoms with Crippen LogP contribution in [0.15, 0.2) is 47.6 Å². The van der Waals surface area contributed by atoms with Crippen LogP contribution in [0.4, 0.5) is 0 Å². The maximum Gasteiger partial charge on any atom is 0.271 e. The van der Waals surface area contributed by atoms with Crippen molar-refractivity contribution in [3.63, 3.8) is 0 Å². The lowest BCUT2D eigenvalue weighted by Crippen LogP contribution is -2.18. The zero-order valence-corrected chi connectivity index (χ0v) is 9.67. The molecule has 0 fully saturated rings. The van der Waals surface area contributed by atoms with E-state index in [4.69, 9.17) is 0 Å². The number of allylic oxidation sites excluding steroid dienone is 2. The van der Waals surface area contributed by atoms with Crippen molar-refractivity contribution in [1.29, 1.82) is 0 Å². The van der Waals surface area contributed by atoms with Crippen LogP contribution in [0.25, 0.3) is 0 Å². The summed E-state index contributed by atoms with van der Waals surface area (Å²) in [5.74, 6) is 0.296. The van der Waals surface area contributed by atoms with Crippen molar-refractivity contribution in [2.75, 3.05) is 0 Å². The number of amides is 1. The summed E-state index contributed by atoms with van der Waals surface area (Å²) >= 11 is 0. The molecule has 1 amide bonds. The first-order valence-corrected chi connectivity index (χ1v) is 5.90. The molecule has 2 rings (SSSR count). The minimum atomic E-state index is -0.159. The second kappa shape index (κ2) is 5.99. The lowest BCUT2D eigenvalue weighted by atomic mass is 9.96. The highest BCUT2D eigenvalue weighted by atomic mass is 16.2. The highest BCUT2D eigenvalue weighted by Crippen LogP contribution is 2.15. The predicted octanol–water partition coefficient (Wildman–Crippen LogP) is 2.76. The molecule has 0 bridgehead atoms. The molecule has 0 unspecified atom stereocenters. The standard InChI is InChI=1S/C14H16N2O/c17-14(13-9-5-2-6-10-13)16-15-11-12-7-3-1-4-8-12/h1-3,5-6,9-12H,4,7-8H2,(H,16,17)/b15-11-/t12-/m0/s1. The van der Waals surface area contributed by atoms with Gasteiger partial charge < -0.3 is 0 Å². The van der Waals surface area contributed by atoms with Gasteiger partial charge in [0.15, 0.2) is 0 Å². The maximum absolute atomic E-state index is 11.6. The fourth-order valence-electron chi connectivity index (χ4n) is 1.81. The summed E-state index contributed by atoms with van der Waals surface area (Å²) in [7, 11) is 0. The van der Waals surface area contributed by atoms with Crippen LogP contribution in [0.5, 0.6) is 0 Å². The number of hydrogen-bond acceptors (Lipinski definition) is 2. The van der Waals surface area contributed by atoms with Crippen molar-refractivity contribution >= 4 is 12.1 Å². The minimum Gasteiger partial charge on any atom is -0.267 e. The van der Waals surface area contributed by atoms with Crippen molar-refractivity contribution in [2.45, 2.75) is 19.3 Å². The van der Waals surface area contributed by atoms with E-state index in [2.05, 4.69) is 22.7 Å². The average Bonchev–Trinajstić information content (AvgIpc) is 2.41. The molecule has 88 valence electrons. The van der Waals surface area contributed by atoms with Gasteiger partial charge in [-0.25, -0.2) is 5.43 Å². The van der Waals surface area contributed by atoms with E-state index < -0.39 is 0 Å². The lowest BCUT2D eigenvalue weighted by Gasteiger charge is -2.11. The third-order valence-corrected chi connectivity index (χ3v) is 2.80. The number of rotatable bonds is 3. The highest BCUT2D eigenvalue weighted by molar-refractivity contribution is 5.94. The maximum atomic E-state index is 11.6. The molecule has 3 nitrogen and oxygen atoms in total. The SMILES string of the molecule is O=C(N/N=C\[C@H]1CC=CCC1)c1ccccc1. The van der Waals surface area contributed by atoms with Gasteiger partial charge in [-0.15, -0.1) is 0 Å². The van der Waals surface area contributed by atoms with Crippen molar-refractivity contribution < 1.29 is 4.79 Å². The Morgan fingerprint density at radius 3 is 2.82 bits per heavy atom. The van der Waals surface area contributed by atoms with E-state index in [1.165, 1.54) is 0 Å². The average molecular weight is 228 g/mol. The molecule has 0 saturated heterocycles. The second-order valence-electron chi connectivity index (χ2n) is 4.13. The van der Waals surface area contributed by atoms with Crippen LogP contribution in [0, 0.1) is 5.92 Å². The molecule has 1 N–H and O–H groups in total. The molecular formula is C14H16N2O. The number of hydrogen-bond donors (Lipinski definition) is 1. The molecule has 1 aliphatic rings. The van der Waals surface area contributed by atoms with E-state index in [9.17, 15) is 4.79 Å². The van der Waals surface area contributed by atoms with E-state index in [0.29, 0.717) is 11.5 Å². The lowest BCUT2D eigenvalue weighted by molar-refractivity contribution is 0.0955. The molecule has 3 heteroatoms. The van der Waals surface area contributed by atoms with E-state index in [1.807, 2.05) is 24.4 Å². The topological polar surface area (TPSA) is 41.5 Å². The summed E-state index contributed by atoms with van der Waals surface area (Å²) in [5, 5.41) is 4.01. The second-order valence-corrected chi connectivity index (χ2v) is 4.13. The molecule has 0 saturated carbocycles. The van der Waals surface area contributed by atoms with Gasteiger partial charge in [-0.3, -0.25) is 4.79 Å². The van der Waals surface area contributed by atoms with Crippen LogP contribution in [0.1, 0.15) is 29.6 Å². The first-order valence-electron chi connectivity index (χ1n) is 5.90. The first kappa shape index (κ1) is 11.6. The number of carbonyl (C=O) groups is 1. The van der Waals surface area contributed by atoms with Crippen LogP contribution < -0.4 is 5.43 Å².